The largest absolute Gasteiger partial charge is 0.497 e. The zero-order valence-electron chi connectivity index (χ0n) is 15.2. The molecule has 0 bridgehead atoms. The molecule has 0 aliphatic carbocycles. The van der Waals surface area contributed by atoms with E-state index in [0.29, 0.717) is 6.54 Å². The van der Waals surface area contributed by atoms with Gasteiger partial charge in [-0.3, -0.25) is 4.79 Å². The molecular weight excluding hydrogens is 334 g/mol. The highest BCUT2D eigenvalue weighted by molar-refractivity contribution is 6.06. The van der Waals surface area contributed by atoms with E-state index < -0.39 is 0 Å². The molecule has 3 nitrogen and oxygen atoms in total. The number of methoxy groups -OCH3 is 1. The maximum atomic E-state index is 12.4. The molecule has 0 saturated carbocycles. The molecule has 0 aromatic heterocycles. The van der Waals surface area contributed by atoms with Crippen LogP contribution in [0.15, 0.2) is 90.6 Å². The molecule has 1 aliphatic heterocycles. The van der Waals surface area contributed by atoms with Gasteiger partial charge in [-0.05, 0) is 34.9 Å². The SMILES string of the molecule is COc1cccc(/C=C2\C(=O)CN2C(c2ccccc2)c2ccccc2)c1. The van der Waals surface area contributed by atoms with E-state index in [9.17, 15) is 4.79 Å². The number of carbonyl (C=O) groups excluding carboxylic acids is 1. The van der Waals surface area contributed by atoms with Crippen molar-refractivity contribution < 1.29 is 9.53 Å². The molecule has 0 atom stereocenters. The Morgan fingerprint density at radius 2 is 1.52 bits per heavy atom. The van der Waals surface area contributed by atoms with Gasteiger partial charge >= 0.3 is 0 Å². The summed E-state index contributed by atoms with van der Waals surface area (Å²) in [5.74, 6) is 0.944. The molecule has 3 aromatic carbocycles. The van der Waals surface area contributed by atoms with Crippen LogP contribution in [-0.4, -0.2) is 24.3 Å². The second-order valence-electron chi connectivity index (χ2n) is 6.58. The minimum absolute atomic E-state index is 0.0157. The van der Waals surface area contributed by atoms with Crippen LogP contribution in [0.25, 0.3) is 6.08 Å². The average Bonchev–Trinajstić information content (AvgIpc) is 2.73. The van der Waals surface area contributed by atoms with E-state index in [1.54, 1.807) is 7.11 Å². The van der Waals surface area contributed by atoms with Crippen molar-refractivity contribution in [1.82, 2.24) is 4.90 Å². The monoisotopic (exact) mass is 355 g/mol. The smallest absolute Gasteiger partial charge is 0.198 e. The first kappa shape index (κ1) is 17.1. The third-order valence-corrected chi connectivity index (χ3v) is 4.85. The van der Waals surface area contributed by atoms with Gasteiger partial charge in [0, 0.05) is 0 Å². The Labute approximate surface area is 159 Å². The Balaban J connectivity index is 1.74. The summed E-state index contributed by atoms with van der Waals surface area (Å²) >= 11 is 0. The Hall–Kier alpha value is -3.33. The molecule has 0 N–H and O–H groups in total. The lowest BCUT2D eigenvalue weighted by molar-refractivity contribution is -0.124. The highest BCUT2D eigenvalue weighted by Gasteiger charge is 2.36. The third kappa shape index (κ3) is 3.49. The summed E-state index contributed by atoms with van der Waals surface area (Å²) in [7, 11) is 1.65. The van der Waals surface area contributed by atoms with Crippen molar-refractivity contribution in [1.29, 1.82) is 0 Å². The Morgan fingerprint density at radius 1 is 0.889 bits per heavy atom. The first-order valence-corrected chi connectivity index (χ1v) is 9.02. The number of hydrogen-bond donors (Lipinski definition) is 0. The summed E-state index contributed by atoms with van der Waals surface area (Å²) in [5.41, 5.74) is 4.05. The number of ether oxygens (including phenoxy) is 1. The van der Waals surface area contributed by atoms with Gasteiger partial charge in [0.25, 0.3) is 0 Å². The van der Waals surface area contributed by atoms with Crippen LogP contribution in [0.5, 0.6) is 5.75 Å². The van der Waals surface area contributed by atoms with Crippen molar-refractivity contribution in [3.8, 4) is 5.75 Å². The molecule has 1 fully saturated rings. The van der Waals surface area contributed by atoms with Crippen LogP contribution in [0, 0.1) is 0 Å². The number of hydrogen-bond acceptors (Lipinski definition) is 3. The molecule has 3 heteroatoms. The summed E-state index contributed by atoms with van der Waals surface area (Å²) in [6.45, 7) is 0.421. The van der Waals surface area contributed by atoms with Crippen molar-refractivity contribution in [2.24, 2.45) is 0 Å². The highest BCUT2D eigenvalue weighted by atomic mass is 16.5. The molecule has 0 radical (unpaired) electrons. The average molecular weight is 355 g/mol. The first-order chi connectivity index (χ1) is 13.3. The van der Waals surface area contributed by atoms with E-state index in [1.807, 2.05) is 66.7 Å². The Morgan fingerprint density at radius 3 is 2.07 bits per heavy atom. The lowest BCUT2D eigenvalue weighted by Crippen LogP contribution is -2.46. The van der Waals surface area contributed by atoms with E-state index in [-0.39, 0.29) is 11.8 Å². The molecule has 27 heavy (non-hydrogen) atoms. The molecule has 3 aromatic rings. The number of benzene rings is 3. The molecule has 0 unspecified atom stereocenters. The second kappa shape index (κ2) is 7.50. The summed E-state index contributed by atoms with van der Waals surface area (Å²) in [4.78, 5) is 14.6. The highest BCUT2D eigenvalue weighted by Crippen LogP contribution is 2.37. The van der Waals surface area contributed by atoms with Crippen LogP contribution in [-0.2, 0) is 4.79 Å². The van der Waals surface area contributed by atoms with Gasteiger partial charge in [0.05, 0.1) is 25.4 Å². The van der Waals surface area contributed by atoms with Gasteiger partial charge < -0.3 is 9.64 Å². The van der Waals surface area contributed by atoms with Crippen LogP contribution in [0.1, 0.15) is 22.7 Å². The zero-order chi connectivity index (χ0) is 18.6. The Kier molecular flexibility index (Phi) is 4.75. The van der Waals surface area contributed by atoms with Crippen LogP contribution in [0.4, 0.5) is 0 Å². The van der Waals surface area contributed by atoms with Crippen molar-refractivity contribution >= 4 is 11.9 Å². The minimum atomic E-state index is 0.0157. The molecule has 1 aliphatic rings. The summed E-state index contributed by atoms with van der Waals surface area (Å²) in [6.07, 6.45) is 1.95. The Bertz CT molecular complexity index is 924. The zero-order valence-corrected chi connectivity index (χ0v) is 15.2. The van der Waals surface area contributed by atoms with Crippen molar-refractivity contribution in [2.75, 3.05) is 13.7 Å². The number of Topliss-reactive ketones (excluding diaryl/α,β-unsaturated/α-hetero) is 1. The van der Waals surface area contributed by atoms with E-state index in [0.717, 1.165) is 17.0 Å². The maximum Gasteiger partial charge on any atom is 0.198 e. The topological polar surface area (TPSA) is 29.5 Å². The van der Waals surface area contributed by atoms with Gasteiger partial charge in [-0.2, -0.15) is 0 Å². The fraction of sp³-hybridized carbons (Fsp3) is 0.125. The summed E-state index contributed by atoms with van der Waals surface area (Å²) in [6, 6.07) is 28.4. The van der Waals surface area contributed by atoms with E-state index in [2.05, 4.69) is 29.2 Å². The fourth-order valence-electron chi connectivity index (χ4n) is 3.50. The minimum Gasteiger partial charge on any atom is -0.497 e. The van der Waals surface area contributed by atoms with Crippen molar-refractivity contribution in [2.45, 2.75) is 6.04 Å². The lowest BCUT2D eigenvalue weighted by Gasteiger charge is -2.42. The second-order valence-corrected chi connectivity index (χ2v) is 6.58. The van der Waals surface area contributed by atoms with Crippen LogP contribution in [0.2, 0.25) is 0 Å². The van der Waals surface area contributed by atoms with Gasteiger partial charge in [-0.15, -0.1) is 0 Å². The summed E-state index contributed by atoms with van der Waals surface area (Å²) < 4.78 is 5.30. The van der Waals surface area contributed by atoms with E-state index in [4.69, 9.17) is 4.74 Å². The number of rotatable bonds is 5. The molecule has 134 valence electrons. The van der Waals surface area contributed by atoms with Gasteiger partial charge in [0.1, 0.15) is 5.75 Å². The number of likely N-dealkylation sites (tertiary alicyclic amines) is 1. The normalized spacial score (nSPS) is 15.1. The first-order valence-electron chi connectivity index (χ1n) is 9.02. The van der Waals surface area contributed by atoms with Crippen LogP contribution in [0.3, 0.4) is 0 Å². The summed E-state index contributed by atoms with van der Waals surface area (Å²) in [5, 5.41) is 0. The van der Waals surface area contributed by atoms with E-state index in [1.165, 1.54) is 11.1 Å². The third-order valence-electron chi connectivity index (χ3n) is 4.85. The van der Waals surface area contributed by atoms with Crippen molar-refractivity contribution in [3.63, 3.8) is 0 Å². The van der Waals surface area contributed by atoms with Gasteiger partial charge in [-0.1, -0.05) is 72.8 Å². The molecule has 1 saturated heterocycles. The van der Waals surface area contributed by atoms with Gasteiger partial charge in [0.2, 0.25) is 0 Å². The molecule has 4 rings (SSSR count). The molecule has 1 heterocycles. The number of ketones is 1. The van der Waals surface area contributed by atoms with Crippen LogP contribution < -0.4 is 4.74 Å². The van der Waals surface area contributed by atoms with Gasteiger partial charge in [-0.25, -0.2) is 0 Å². The maximum absolute atomic E-state index is 12.4. The number of carbonyl (C=O) groups is 1. The predicted molar refractivity (Wildman–Crippen MR) is 107 cm³/mol. The van der Waals surface area contributed by atoms with Crippen LogP contribution >= 0.6 is 0 Å². The molecule has 0 amide bonds. The fourth-order valence-corrected chi connectivity index (χ4v) is 3.50. The molecule has 0 spiro atoms. The van der Waals surface area contributed by atoms with Crippen molar-refractivity contribution in [3.05, 3.63) is 107 Å². The quantitative estimate of drug-likeness (QED) is 0.621. The standard InChI is InChI=1S/C24H21NO2/c1-27-21-14-8-9-18(15-21)16-22-23(26)17-25(22)24(19-10-4-2-5-11-19)20-12-6-3-7-13-20/h2-16,24H,17H2,1H3/b22-16+. The molecular formula is C24H21NO2. The predicted octanol–water partition coefficient (Wildman–Crippen LogP) is 4.71. The number of nitrogens with zero attached hydrogens (tertiary/aromatic N) is 1. The lowest BCUT2D eigenvalue weighted by atomic mass is 9.92. The van der Waals surface area contributed by atoms with E-state index >= 15 is 0 Å². The van der Waals surface area contributed by atoms with Gasteiger partial charge in [0.15, 0.2) is 5.78 Å².